The number of hydrogen-bond donors (Lipinski definition) is 1. The van der Waals surface area contributed by atoms with Crippen LogP contribution >= 0.6 is 11.3 Å². The van der Waals surface area contributed by atoms with Gasteiger partial charge < -0.3 is 14.4 Å². The summed E-state index contributed by atoms with van der Waals surface area (Å²) >= 11 is 1.57. The molecule has 4 heterocycles. The van der Waals surface area contributed by atoms with Crippen LogP contribution in [0.1, 0.15) is 18.4 Å². The molecule has 26 heavy (non-hydrogen) atoms. The molecule has 1 amide bonds. The first-order valence-corrected chi connectivity index (χ1v) is 9.56. The highest BCUT2D eigenvalue weighted by atomic mass is 32.1. The fraction of sp³-hybridized carbons (Fsp3) is 0.389. The van der Waals surface area contributed by atoms with E-state index in [1.165, 1.54) is 0 Å². The number of carbonyl (C=O) groups is 1. The van der Waals surface area contributed by atoms with Gasteiger partial charge in [0.15, 0.2) is 5.58 Å². The monoisotopic (exact) mass is 370 g/mol. The van der Waals surface area contributed by atoms with Crippen molar-refractivity contribution in [3.05, 3.63) is 29.3 Å². The Balaban J connectivity index is 1.54. The molecule has 2 unspecified atom stereocenters. The second-order valence-corrected chi connectivity index (χ2v) is 7.82. The SMILES string of the molecule is Cc1ccc(-c2nccs2)c2oc(N3CC4CCC(C3)N4C(=O)O)nc12. The zero-order valence-electron chi connectivity index (χ0n) is 14.3. The van der Waals surface area contributed by atoms with E-state index in [0.29, 0.717) is 19.1 Å². The number of carboxylic acid groups (broad SMARTS) is 1. The van der Waals surface area contributed by atoms with Crippen molar-refractivity contribution in [1.82, 2.24) is 14.9 Å². The maximum atomic E-state index is 11.5. The van der Waals surface area contributed by atoms with Crippen LogP contribution in [0.4, 0.5) is 10.8 Å². The highest BCUT2D eigenvalue weighted by Crippen LogP contribution is 2.37. The Kier molecular flexibility index (Phi) is 3.43. The minimum atomic E-state index is -0.823. The van der Waals surface area contributed by atoms with Crippen molar-refractivity contribution < 1.29 is 14.3 Å². The molecule has 2 saturated heterocycles. The lowest BCUT2D eigenvalue weighted by Gasteiger charge is -2.38. The minimum absolute atomic E-state index is 0.0146. The molecular formula is C18H18N4O3S. The second kappa shape index (κ2) is 5.70. The molecule has 1 N–H and O–H groups in total. The van der Waals surface area contributed by atoms with Crippen molar-refractivity contribution in [2.75, 3.05) is 18.0 Å². The summed E-state index contributed by atoms with van der Waals surface area (Å²) in [5.74, 6) is 0. The Hall–Kier alpha value is -2.61. The van der Waals surface area contributed by atoms with Crippen molar-refractivity contribution in [2.24, 2.45) is 0 Å². The van der Waals surface area contributed by atoms with Gasteiger partial charge in [0.1, 0.15) is 10.5 Å². The van der Waals surface area contributed by atoms with Gasteiger partial charge in [-0.05, 0) is 31.4 Å². The smallest absolute Gasteiger partial charge is 0.407 e. The van der Waals surface area contributed by atoms with Crippen molar-refractivity contribution in [1.29, 1.82) is 0 Å². The van der Waals surface area contributed by atoms with Crippen molar-refractivity contribution in [3.63, 3.8) is 0 Å². The Morgan fingerprint density at radius 2 is 2.08 bits per heavy atom. The fourth-order valence-corrected chi connectivity index (χ4v) is 4.81. The quantitative estimate of drug-likeness (QED) is 0.742. The van der Waals surface area contributed by atoms with E-state index >= 15 is 0 Å². The van der Waals surface area contributed by atoms with Crippen molar-refractivity contribution in [3.8, 4) is 10.6 Å². The number of oxazole rings is 1. The van der Waals surface area contributed by atoms with Gasteiger partial charge in [-0.15, -0.1) is 11.3 Å². The number of aryl methyl sites for hydroxylation is 1. The van der Waals surface area contributed by atoms with Crippen LogP contribution in [-0.4, -0.2) is 51.2 Å². The van der Waals surface area contributed by atoms with Crippen LogP contribution in [0.5, 0.6) is 0 Å². The third-order valence-electron chi connectivity index (χ3n) is 5.37. The highest BCUT2D eigenvalue weighted by molar-refractivity contribution is 7.13. The zero-order valence-corrected chi connectivity index (χ0v) is 15.1. The van der Waals surface area contributed by atoms with Gasteiger partial charge in [0.05, 0.1) is 17.6 Å². The zero-order chi connectivity index (χ0) is 17.8. The number of anilines is 1. The van der Waals surface area contributed by atoms with E-state index < -0.39 is 6.09 Å². The van der Waals surface area contributed by atoms with Gasteiger partial charge in [0, 0.05) is 24.7 Å². The molecule has 2 aromatic heterocycles. The predicted octanol–water partition coefficient (Wildman–Crippen LogP) is 3.59. The van der Waals surface area contributed by atoms with Gasteiger partial charge in [-0.3, -0.25) is 4.90 Å². The average Bonchev–Trinajstić information content (AvgIpc) is 3.34. The van der Waals surface area contributed by atoms with E-state index in [9.17, 15) is 9.90 Å². The normalized spacial score (nSPS) is 22.3. The molecule has 3 aromatic rings. The number of hydrogen-bond acceptors (Lipinski definition) is 6. The number of thiazole rings is 1. The van der Waals surface area contributed by atoms with Crippen LogP contribution in [-0.2, 0) is 0 Å². The molecule has 2 aliphatic heterocycles. The Morgan fingerprint density at radius 1 is 1.31 bits per heavy atom. The number of rotatable bonds is 2. The van der Waals surface area contributed by atoms with E-state index in [4.69, 9.17) is 9.40 Å². The van der Waals surface area contributed by atoms with Gasteiger partial charge >= 0.3 is 6.09 Å². The third-order valence-corrected chi connectivity index (χ3v) is 6.18. The molecule has 1 aromatic carbocycles. The lowest BCUT2D eigenvalue weighted by atomic mass is 10.1. The first kappa shape index (κ1) is 15.6. The summed E-state index contributed by atoms with van der Waals surface area (Å²) in [5.41, 5.74) is 3.61. The highest BCUT2D eigenvalue weighted by Gasteiger charge is 2.43. The van der Waals surface area contributed by atoms with E-state index in [0.717, 1.165) is 40.1 Å². The fourth-order valence-electron chi connectivity index (χ4n) is 4.15. The van der Waals surface area contributed by atoms with Gasteiger partial charge in [-0.2, -0.15) is 4.98 Å². The summed E-state index contributed by atoms with van der Waals surface area (Å²) in [7, 11) is 0. The molecule has 0 radical (unpaired) electrons. The van der Waals surface area contributed by atoms with Crippen LogP contribution in [0, 0.1) is 6.92 Å². The topological polar surface area (TPSA) is 82.7 Å². The Labute approximate surface area is 153 Å². The predicted molar refractivity (Wildman–Crippen MR) is 98.7 cm³/mol. The van der Waals surface area contributed by atoms with E-state index in [1.807, 2.05) is 24.4 Å². The molecule has 2 atom stereocenters. The van der Waals surface area contributed by atoms with Crippen LogP contribution in [0.2, 0.25) is 0 Å². The lowest BCUT2D eigenvalue weighted by molar-refractivity contribution is 0.114. The number of aromatic nitrogens is 2. The van der Waals surface area contributed by atoms with Crippen LogP contribution < -0.4 is 4.90 Å². The maximum absolute atomic E-state index is 11.5. The summed E-state index contributed by atoms with van der Waals surface area (Å²) in [6.07, 6.45) is 2.76. The minimum Gasteiger partial charge on any atom is -0.465 e. The number of nitrogens with zero attached hydrogens (tertiary/aromatic N) is 4. The molecule has 0 aliphatic carbocycles. The Morgan fingerprint density at radius 3 is 2.73 bits per heavy atom. The number of piperazine rings is 1. The Bertz CT molecular complexity index is 970. The molecular weight excluding hydrogens is 352 g/mol. The van der Waals surface area contributed by atoms with Gasteiger partial charge in [-0.1, -0.05) is 6.07 Å². The molecule has 0 spiro atoms. The van der Waals surface area contributed by atoms with Crippen LogP contribution in [0.25, 0.3) is 21.7 Å². The summed E-state index contributed by atoms with van der Waals surface area (Å²) in [5, 5.41) is 12.3. The van der Waals surface area contributed by atoms with E-state index in [1.54, 1.807) is 22.4 Å². The molecule has 134 valence electrons. The summed E-state index contributed by atoms with van der Waals surface area (Å²) < 4.78 is 6.18. The summed E-state index contributed by atoms with van der Waals surface area (Å²) in [6.45, 7) is 3.27. The number of fused-ring (bicyclic) bond motifs is 3. The number of amides is 1. The van der Waals surface area contributed by atoms with E-state index in [-0.39, 0.29) is 12.1 Å². The number of benzene rings is 1. The van der Waals surface area contributed by atoms with Crippen LogP contribution in [0.3, 0.4) is 0 Å². The molecule has 2 bridgehead atoms. The van der Waals surface area contributed by atoms with E-state index in [2.05, 4.69) is 9.88 Å². The molecule has 8 heteroatoms. The maximum Gasteiger partial charge on any atom is 0.407 e. The average molecular weight is 370 g/mol. The molecule has 7 nitrogen and oxygen atoms in total. The molecule has 5 rings (SSSR count). The van der Waals surface area contributed by atoms with Gasteiger partial charge in [-0.25, -0.2) is 9.78 Å². The first-order valence-electron chi connectivity index (χ1n) is 8.68. The van der Waals surface area contributed by atoms with Crippen molar-refractivity contribution >= 4 is 34.5 Å². The second-order valence-electron chi connectivity index (χ2n) is 6.92. The molecule has 0 saturated carbocycles. The first-order chi connectivity index (χ1) is 12.6. The molecule has 2 aliphatic rings. The summed E-state index contributed by atoms with van der Waals surface area (Å²) in [6, 6.07) is 4.67. The largest absolute Gasteiger partial charge is 0.465 e. The van der Waals surface area contributed by atoms with Gasteiger partial charge in [0.25, 0.3) is 6.01 Å². The third kappa shape index (κ3) is 2.28. The summed E-state index contributed by atoms with van der Waals surface area (Å²) in [4.78, 5) is 24.3. The van der Waals surface area contributed by atoms with Crippen LogP contribution in [0.15, 0.2) is 28.1 Å². The van der Waals surface area contributed by atoms with Gasteiger partial charge in [0.2, 0.25) is 0 Å². The van der Waals surface area contributed by atoms with Crippen molar-refractivity contribution in [2.45, 2.75) is 31.8 Å². The standard InChI is InChI=1S/C18H18N4O3S/c1-10-2-5-13(16-19-6-7-26-16)15-14(10)20-17(25-15)21-8-11-3-4-12(9-21)22(11)18(23)24/h2,5-7,11-12H,3-4,8-9H2,1H3,(H,23,24). The lowest BCUT2D eigenvalue weighted by Crippen LogP contribution is -2.55. The molecule has 2 fully saturated rings.